The van der Waals surface area contributed by atoms with Gasteiger partial charge in [0.05, 0.1) is 4.99 Å². The number of halogens is 1. The average Bonchev–Trinajstić information content (AvgIpc) is 2.34. The molecule has 2 N–H and O–H groups in total. The van der Waals surface area contributed by atoms with Crippen molar-refractivity contribution in [3.8, 4) is 5.75 Å². The van der Waals surface area contributed by atoms with Gasteiger partial charge in [-0.15, -0.1) is 0 Å². The standard InChI is InChI=1S/C12H15BrN2O2S/c1-15(7-6-11(14)18)12(16)8-17-10-4-2-9(13)3-5-10/h2-5H,6-8H2,1H3,(H2,14,18). The molecule has 0 bridgehead atoms. The monoisotopic (exact) mass is 330 g/mol. The quantitative estimate of drug-likeness (QED) is 0.810. The molecule has 1 aromatic carbocycles. The Balaban J connectivity index is 2.36. The Morgan fingerprint density at radius 3 is 2.61 bits per heavy atom. The highest BCUT2D eigenvalue weighted by Gasteiger charge is 2.09. The van der Waals surface area contributed by atoms with E-state index in [1.165, 1.54) is 0 Å². The predicted octanol–water partition coefficient (Wildman–Crippen LogP) is 1.96. The van der Waals surface area contributed by atoms with Crippen LogP contribution in [-0.2, 0) is 4.79 Å². The van der Waals surface area contributed by atoms with E-state index in [1.54, 1.807) is 24.1 Å². The van der Waals surface area contributed by atoms with Gasteiger partial charge in [-0.25, -0.2) is 0 Å². The van der Waals surface area contributed by atoms with Crippen molar-refractivity contribution in [1.82, 2.24) is 4.90 Å². The maximum atomic E-state index is 11.7. The predicted molar refractivity (Wildman–Crippen MR) is 78.7 cm³/mol. The number of hydrogen-bond acceptors (Lipinski definition) is 3. The molecule has 0 fully saturated rings. The lowest BCUT2D eigenvalue weighted by Gasteiger charge is -2.17. The van der Waals surface area contributed by atoms with Gasteiger partial charge >= 0.3 is 0 Å². The van der Waals surface area contributed by atoms with Crippen molar-refractivity contribution in [2.75, 3.05) is 20.2 Å². The smallest absolute Gasteiger partial charge is 0.260 e. The molecule has 98 valence electrons. The molecule has 0 spiro atoms. The molecule has 0 heterocycles. The van der Waals surface area contributed by atoms with E-state index in [0.29, 0.717) is 23.7 Å². The molecule has 0 aromatic heterocycles. The van der Waals surface area contributed by atoms with E-state index in [-0.39, 0.29) is 12.5 Å². The van der Waals surface area contributed by atoms with Crippen LogP contribution in [0.3, 0.4) is 0 Å². The van der Waals surface area contributed by atoms with Crippen LogP contribution in [-0.4, -0.2) is 36.0 Å². The first-order valence-electron chi connectivity index (χ1n) is 5.39. The van der Waals surface area contributed by atoms with Crippen molar-refractivity contribution in [1.29, 1.82) is 0 Å². The normalized spacial score (nSPS) is 9.89. The summed E-state index contributed by atoms with van der Waals surface area (Å²) >= 11 is 8.09. The molecule has 1 amide bonds. The third kappa shape index (κ3) is 5.46. The molecule has 4 nitrogen and oxygen atoms in total. The van der Waals surface area contributed by atoms with E-state index in [1.807, 2.05) is 12.1 Å². The summed E-state index contributed by atoms with van der Waals surface area (Å²) in [6, 6.07) is 7.31. The lowest BCUT2D eigenvalue weighted by molar-refractivity contribution is -0.131. The molecule has 6 heteroatoms. The minimum absolute atomic E-state index is 0.00939. The van der Waals surface area contributed by atoms with E-state index in [0.717, 1.165) is 4.47 Å². The summed E-state index contributed by atoms with van der Waals surface area (Å²) in [4.78, 5) is 13.7. The van der Waals surface area contributed by atoms with Crippen LogP contribution in [0, 0.1) is 0 Å². The molecule has 1 rings (SSSR count). The van der Waals surface area contributed by atoms with Crippen LogP contribution < -0.4 is 10.5 Å². The highest BCUT2D eigenvalue weighted by atomic mass is 79.9. The van der Waals surface area contributed by atoms with Gasteiger partial charge in [0.1, 0.15) is 5.75 Å². The van der Waals surface area contributed by atoms with Crippen LogP contribution in [0.5, 0.6) is 5.75 Å². The lowest BCUT2D eigenvalue weighted by Crippen LogP contribution is -2.33. The molecule has 0 saturated carbocycles. The molecule has 0 radical (unpaired) electrons. The maximum Gasteiger partial charge on any atom is 0.260 e. The number of nitrogens with two attached hydrogens (primary N) is 1. The van der Waals surface area contributed by atoms with Gasteiger partial charge in [-0.05, 0) is 24.3 Å². The van der Waals surface area contributed by atoms with Crippen LogP contribution in [0.15, 0.2) is 28.7 Å². The average molecular weight is 331 g/mol. The summed E-state index contributed by atoms with van der Waals surface area (Å²) in [6.07, 6.45) is 0.524. The van der Waals surface area contributed by atoms with E-state index in [9.17, 15) is 4.79 Å². The van der Waals surface area contributed by atoms with E-state index in [2.05, 4.69) is 15.9 Å². The topological polar surface area (TPSA) is 55.6 Å². The molecule has 0 aliphatic heterocycles. The SMILES string of the molecule is CN(CCC(N)=S)C(=O)COc1ccc(Br)cc1. The third-order valence-electron chi connectivity index (χ3n) is 2.30. The van der Waals surface area contributed by atoms with Crippen molar-refractivity contribution in [3.63, 3.8) is 0 Å². The first kappa shape index (κ1) is 14.9. The Morgan fingerprint density at radius 1 is 1.44 bits per heavy atom. The molecular formula is C12H15BrN2O2S. The van der Waals surface area contributed by atoms with Gasteiger partial charge in [-0.3, -0.25) is 4.79 Å². The number of carbonyl (C=O) groups excluding carboxylic acids is 1. The Bertz CT molecular complexity index is 423. The van der Waals surface area contributed by atoms with Crippen molar-refractivity contribution < 1.29 is 9.53 Å². The van der Waals surface area contributed by atoms with Gasteiger partial charge in [0.25, 0.3) is 5.91 Å². The summed E-state index contributed by atoms with van der Waals surface area (Å²) < 4.78 is 6.34. The number of benzene rings is 1. The minimum Gasteiger partial charge on any atom is -0.484 e. The number of rotatable bonds is 6. The zero-order chi connectivity index (χ0) is 13.5. The number of thiocarbonyl (C=S) groups is 1. The summed E-state index contributed by atoms with van der Waals surface area (Å²) in [6.45, 7) is 0.521. The third-order valence-corrected chi connectivity index (χ3v) is 3.03. The molecule has 0 saturated heterocycles. The fourth-order valence-electron chi connectivity index (χ4n) is 1.19. The highest BCUT2D eigenvalue weighted by Crippen LogP contribution is 2.15. The maximum absolute atomic E-state index is 11.7. The number of amides is 1. The van der Waals surface area contributed by atoms with Crippen molar-refractivity contribution in [2.45, 2.75) is 6.42 Å². The van der Waals surface area contributed by atoms with Crippen molar-refractivity contribution >= 4 is 39.0 Å². The lowest BCUT2D eigenvalue weighted by atomic mass is 10.3. The summed E-state index contributed by atoms with van der Waals surface area (Å²) in [5.41, 5.74) is 5.38. The first-order valence-corrected chi connectivity index (χ1v) is 6.60. The van der Waals surface area contributed by atoms with Gasteiger partial charge in [0.15, 0.2) is 6.61 Å². The van der Waals surface area contributed by atoms with Gasteiger partial charge < -0.3 is 15.4 Å². The Labute approximate surface area is 120 Å². The zero-order valence-electron chi connectivity index (χ0n) is 10.1. The van der Waals surface area contributed by atoms with E-state index in [4.69, 9.17) is 22.7 Å². The fraction of sp³-hybridized carbons (Fsp3) is 0.333. The number of nitrogens with zero attached hydrogens (tertiary/aromatic N) is 1. The van der Waals surface area contributed by atoms with Crippen molar-refractivity contribution in [3.05, 3.63) is 28.7 Å². The van der Waals surface area contributed by atoms with E-state index >= 15 is 0 Å². The van der Waals surface area contributed by atoms with Crippen LogP contribution in [0.4, 0.5) is 0 Å². The number of ether oxygens (including phenoxy) is 1. The Morgan fingerprint density at radius 2 is 2.06 bits per heavy atom. The fourth-order valence-corrected chi connectivity index (χ4v) is 1.54. The number of likely N-dealkylation sites (N-methyl/N-ethyl adjacent to an activating group) is 1. The number of hydrogen-bond donors (Lipinski definition) is 1. The van der Waals surface area contributed by atoms with E-state index < -0.39 is 0 Å². The summed E-state index contributed by atoms with van der Waals surface area (Å²) in [7, 11) is 1.70. The molecule has 0 aliphatic carbocycles. The molecule has 0 atom stereocenters. The molecule has 18 heavy (non-hydrogen) atoms. The minimum atomic E-state index is -0.103. The second kappa shape index (κ2) is 7.33. The molecule has 1 aromatic rings. The Hall–Kier alpha value is -1.14. The number of carbonyl (C=O) groups is 1. The van der Waals surface area contributed by atoms with Gasteiger partial charge in [-0.2, -0.15) is 0 Å². The molecular weight excluding hydrogens is 316 g/mol. The van der Waals surface area contributed by atoms with Gasteiger partial charge in [-0.1, -0.05) is 28.1 Å². The Kier molecular flexibility index (Phi) is 6.07. The van der Waals surface area contributed by atoms with Crippen LogP contribution in [0.25, 0.3) is 0 Å². The summed E-state index contributed by atoms with van der Waals surface area (Å²) in [5.74, 6) is 0.559. The molecule has 0 aliphatic rings. The van der Waals surface area contributed by atoms with Crippen LogP contribution >= 0.6 is 28.1 Å². The zero-order valence-corrected chi connectivity index (χ0v) is 12.5. The second-order valence-corrected chi connectivity index (χ2v) is 5.21. The van der Waals surface area contributed by atoms with Crippen molar-refractivity contribution in [2.24, 2.45) is 5.73 Å². The van der Waals surface area contributed by atoms with Gasteiger partial charge in [0.2, 0.25) is 0 Å². The first-order chi connectivity index (χ1) is 8.49. The van der Waals surface area contributed by atoms with Crippen LogP contribution in [0.2, 0.25) is 0 Å². The molecule has 0 unspecified atom stereocenters. The van der Waals surface area contributed by atoms with Crippen LogP contribution in [0.1, 0.15) is 6.42 Å². The van der Waals surface area contributed by atoms with Gasteiger partial charge in [0, 0.05) is 24.5 Å². The highest BCUT2D eigenvalue weighted by molar-refractivity contribution is 9.10. The summed E-state index contributed by atoms with van der Waals surface area (Å²) in [5, 5.41) is 0. The largest absolute Gasteiger partial charge is 0.484 e. The second-order valence-electron chi connectivity index (χ2n) is 3.77.